The molecule has 7 nitrogen and oxygen atoms in total. The second-order valence-corrected chi connectivity index (χ2v) is 7.75. The molecule has 156 valence electrons. The number of amides is 1. The van der Waals surface area contributed by atoms with E-state index in [9.17, 15) is 4.79 Å². The Labute approximate surface area is 180 Å². The van der Waals surface area contributed by atoms with Gasteiger partial charge in [0.05, 0.1) is 6.21 Å². The van der Waals surface area contributed by atoms with Crippen LogP contribution in [0.25, 0.3) is 0 Å². The van der Waals surface area contributed by atoms with Crippen LogP contribution in [0, 0.1) is 5.92 Å². The van der Waals surface area contributed by atoms with E-state index in [2.05, 4.69) is 32.6 Å². The van der Waals surface area contributed by atoms with Gasteiger partial charge < -0.3 is 15.4 Å². The fourth-order valence-corrected chi connectivity index (χ4v) is 3.09. The summed E-state index contributed by atoms with van der Waals surface area (Å²) < 4.78 is 6.08. The number of benzene rings is 1. The van der Waals surface area contributed by atoms with E-state index in [1.54, 1.807) is 30.2 Å². The number of likely N-dealkylation sites (tertiary alicyclic amines) is 1. The fraction of sp³-hybridized carbons (Fsp3) is 0.381. The standard InChI is InChI=1S/C21H28BrN5O2/c1-16(22)14-25-26(3)20(23)13-19(24-2)18-9-11-27(12-10-18)21(28)29-15-17-7-5-4-6-8-17/h4-8,13-14,18H,1,9-12,15,23H2,2-3H3/b20-13-,24-19+,25-14-. The first-order chi connectivity index (χ1) is 13.9. The van der Waals surface area contributed by atoms with Crippen LogP contribution < -0.4 is 5.73 Å². The molecule has 1 aliphatic heterocycles. The highest BCUT2D eigenvalue weighted by Gasteiger charge is 2.26. The summed E-state index contributed by atoms with van der Waals surface area (Å²) >= 11 is 3.22. The summed E-state index contributed by atoms with van der Waals surface area (Å²) in [6.07, 6.45) is 4.75. The topological polar surface area (TPSA) is 83.5 Å². The van der Waals surface area contributed by atoms with Crippen molar-refractivity contribution in [1.82, 2.24) is 9.91 Å². The molecule has 29 heavy (non-hydrogen) atoms. The van der Waals surface area contributed by atoms with Crippen molar-refractivity contribution in [3.05, 3.63) is 58.9 Å². The number of rotatable bonds is 7. The number of allylic oxidation sites excluding steroid dienone is 2. The van der Waals surface area contributed by atoms with Gasteiger partial charge in [-0.25, -0.2) is 4.79 Å². The van der Waals surface area contributed by atoms with Crippen molar-refractivity contribution in [2.45, 2.75) is 19.4 Å². The van der Waals surface area contributed by atoms with E-state index >= 15 is 0 Å². The van der Waals surface area contributed by atoms with Gasteiger partial charge in [-0.15, -0.1) is 0 Å². The van der Waals surface area contributed by atoms with Gasteiger partial charge in [-0.05, 0) is 34.3 Å². The Hall–Kier alpha value is -2.61. The number of carbonyl (C=O) groups excluding carboxylic acids is 1. The summed E-state index contributed by atoms with van der Waals surface area (Å²) in [4.78, 5) is 18.5. The second kappa shape index (κ2) is 11.4. The van der Waals surface area contributed by atoms with Crippen molar-refractivity contribution in [3.8, 4) is 0 Å². The van der Waals surface area contributed by atoms with Gasteiger partial charge in [0.1, 0.15) is 12.4 Å². The van der Waals surface area contributed by atoms with Crippen LogP contribution in [0.2, 0.25) is 0 Å². The minimum Gasteiger partial charge on any atom is -0.445 e. The molecule has 1 aromatic rings. The molecule has 0 atom stereocenters. The van der Waals surface area contributed by atoms with Crippen molar-refractivity contribution < 1.29 is 9.53 Å². The number of ether oxygens (including phenoxy) is 1. The lowest BCUT2D eigenvalue weighted by Crippen LogP contribution is -2.40. The zero-order valence-electron chi connectivity index (χ0n) is 16.9. The third-order valence-corrected chi connectivity index (χ3v) is 4.88. The number of halogens is 1. The molecule has 0 spiro atoms. The molecular weight excluding hydrogens is 434 g/mol. The lowest BCUT2D eigenvalue weighted by molar-refractivity contribution is 0.0865. The molecule has 2 N–H and O–H groups in total. The van der Waals surface area contributed by atoms with Crippen molar-refractivity contribution in [1.29, 1.82) is 0 Å². The molecule has 0 radical (unpaired) electrons. The predicted molar refractivity (Wildman–Crippen MR) is 121 cm³/mol. The van der Waals surface area contributed by atoms with Gasteiger partial charge in [-0.1, -0.05) is 36.9 Å². The maximum atomic E-state index is 12.3. The Balaban J connectivity index is 1.87. The van der Waals surface area contributed by atoms with E-state index < -0.39 is 0 Å². The van der Waals surface area contributed by atoms with Crippen LogP contribution in [0.1, 0.15) is 18.4 Å². The summed E-state index contributed by atoms with van der Waals surface area (Å²) in [6, 6.07) is 9.67. The van der Waals surface area contributed by atoms with E-state index in [-0.39, 0.29) is 18.6 Å². The van der Waals surface area contributed by atoms with E-state index in [0.29, 0.717) is 23.4 Å². The Kier molecular flexibility index (Phi) is 8.92. The highest BCUT2D eigenvalue weighted by Crippen LogP contribution is 2.21. The zero-order chi connectivity index (χ0) is 21.2. The van der Waals surface area contributed by atoms with Crippen molar-refractivity contribution in [2.75, 3.05) is 27.2 Å². The molecular formula is C21H28BrN5O2. The van der Waals surface area contributed by atoms with E-state index in [4.69, 9.17) is 10.5 Å². The van der Waals surface area contributed by atoms with Crippen molar-refractivity contribution in [3.63, 3.8) is 0 Å². The van der Waals surface area contributed by atoms with Gasteiger partial charge in [0.25, 0.3) is 0 Å². The molecule has 0 saturated carbocycles. The molecule has 1 aromatic carbocycles. The number of nitrogens with two attached hydrogens (primary N) is 1. The van der Waals surface area contributed by atoms with Gasteiger partial charge in [-0.2, -0.15) is 5.10 Å². The first-order valence-electron chi connectivity index (χ1n) is 9.42. The first kappa shape index (κ1) is 22.7. The largest absolute Gasteiger partial charge is 0.445 e. The fourth-order valence-electron chi connectivity index (χ4n) is 2.99. The van der Waals surface area contributed by atoms with Crippen LogP contribution in [0.5, 0.6) is 0 Å². The second-order valence-electron chi connectivity index (χ2n) is 6.73. The molecule has 0 bridgehead atoms. The average Bonchev–Trinajstić information content (AvgIpc) is 2.74. The zero-order valence-corrected chi connectivity index (χ0v) is 18.5. The third kappa shape index (κ3) is 7.38. The third-order valence-electron chi connectivity index (χ3n) is 4.68. The SMILES string of the molecule is C=C(Br)/C=N\N(C)/C(N)=C\C(=N/C)C1CCN(C(=O)OCc2ccccc2)CC1. The first-order valence-corrected chi connectivity index (χ1v) is 10.2. The number of hydrogen-bond acceptors (Lipinski definition) is 6. The monoisotopic (exact) mass is 461 g/mol. The summed E-state index contributed by atoms with van der Waals surface area (Å²) in [5, 5.41) is 5.74. The van der Waals surface area contributed by atoms with Gasteiger partial charge in [0.15, 0.2) is 0 Å². The molecule has 1 heterocycles. The molecule has 1 aliphatic rings. The predicted octanol–water partition coefficient (Wildman–Crippen LogP) is 3.73. The molecule has 0 aliphatic carbocycles. The number of carbonyl (C=O) groups is 1. The van der Waals surface area contributed by atoms with Crippen LogP contribution in [-0.2, 0) is 11.3 Å². The number of hydrazone groups is 1. The van der Waals surface area contributed by atoms with Crippen LogP contribution in [0.15, 0.2) is 63.4 Å². The van der Waals surface area contributed by atoms with Gasteiger partial charge in [-0.3, -0.25) is 10.0 Å². The Morgan fingerprint density at radius 2 is 2.03 bits per heavy atom. The van der Waals surface area contributed by atoms with Crippen LogP contribution >= 0.6 is 15.9 Å². The van der Waals surface area contributed by atoms with Crippen LogP contribution in [-0.4, -0.2) is 55.1 Å². The molecule has 8 heteroatoms. The molecule has 1 saturated heterocycles. The maximum absolute atomic E-state index is 12.3. The van der Waals surface area contributed by atoms with Gasteiger partial charge in [0.2, 0.25) is 0 Å². The van der Waals surface area contributed by atoms with E-state index in [1.165, 1.54) is 0 Å². The Morgan fingerprint density at radius 1 is 1.38 bits per heavy atom. The summed E-state index contributed by atoms with van der Waals surface area (Å²) in [5.41, 5.74) is 8.00. The lowest BCUT2D eigenvalue weighted by Gasteiger charge is -2.31. The van der Waals surface area contributed by atoms with Gasteiger partial charge >= 0.3 is 6.09 Å². The summed E-state index contributed by atoms with van der Waals surface area (Å²) in [5.74, 6) is 0.723. The summed E-state index contributed by atoms with van der Waals surface area (Å²) in [6.45, 7) is 5.24. The molecule has 0 aromatic heterocycles. The minimum atomic E-state index is -0.276. The Morgan fingerprint density at radius 3 is 2.62 bits per heavy atom. The highest BCUT2D eigenvalue weighted by molar-refractivity contribution is 9.12. The molecule has 2 rings (SSSR count). The summed E-state index contributed by atoms with van der Waals surface area (Å²) in [7, 11) is 3.51. The molecule has 1 amide bonds. The number of piperidine rings is 1. The Bertz CT molecular complexity index is 784. The lowest BCUT2D eigenvalue weighted by atomic mass is 9.91. The van der Waals surface area contributed by atoms with Gasteiger partial charge in [0, 0.05) is 49.4 Å². The molecule has 1 fully saturated rings. The number of nitrogens with zero attached hydrogens (tertiary/aromatic N) is 4. The highest BCUT2D eigenvalue weighted by atomic mass is 79.9. The number of hydrogen-bond donors (Lipinski definition) is 1. The molecule has 0 unspecified atom stereocenters. The smallest absolute Gasteiger partial charge is 0.410 e. The average molecular weight is 462 g/mol. The van der Waals surface area contributed by atoms with Crippen LogP contribution in [0.3, 0.4) is 0 Å². The van der Waals surface area contributed by atoms with Crippen molar-refractivity contribution in [2.24, 2.45) is 21.7 Å². The normalized spacial score (nSPS) is 16.2. The maximum Gasteiger partial charge on any atom is 0.410 e. The van der Waals surface area contributed by atoms with E-state index in [0.717, 1.165) is 24.1 Å². The van der Waals surface area contributed by atoms with Crippen molar-refractivity contribution >= 4 is 33.9 Å². The quantitative estimate of drug-likeness (QED) is 0.495. The minimum absolute atomic E-state index is 0.236. The van der Waals surface area contributed by atoms with Crippen LogP contribution in [0.4, 0.5) is 4.79 Å². The van der Waals surface area contributed by atoms with E-state index in [1.807, 2.05) is 36.4 Å². The number of aliphatic imine (C=N–C) groups is 1.